The highest BCUT2D eigenvalue weighted by atomic mass is 16.5. The summed E-state index contributed by atoms with van der Waals surface area (Å²) in [6.07, 6.45) is 4.18. The Hall–Kier alpha value is -1.53. The minimum atomic E-state index is -0.161. The van der Waals surface area contributed by atoms with E-state index in [4.69, 9.17) is 10.5 Å². The van der Waals surface area contributed by atoms with Gasteiger partial charge in [-0.2, -0.15) is 0 Å². The third kappa shape index (κ3) is 4.11. The number of benzene rings is 1. The van der Waals surface area contributed by atoms with Crippen molar-refractivity contribution in [3.63, 3.8) is 0 Å². The van der Waals surface area contributed by atoms with Crippen molar-refractivity contribution >= 4 is 11.9 Å². The van der Waals surface area contributed by atoms with Gasteiger partial charge in [0.05, 0.1) is 19.3 Å². The second kappa shape index (κ2) is 8.53. The monoisotopic (exact) mass is 329 g/mol. The Bertz CT molecular complexity index is 582. The summed E-state index contributed by atoms with van der Waals surface area (Å²) < 4.78 is 5.44. The molecule has 0 aliphatic carbocycles. The summed E-state index contributed by atoms with van der Waals surface area (Å²) in [7, 11) is 0. The van der Waals surface area contributed by atoms with E-state index in [9.17, 15) is 4.79 Å². The van der Waals surface area contributed by atoms with Crippen LogP contribution in [0.1, 0.15) is 17.5 Å². The molecule has 3 rings (SSSR count). The SMILES string of the molecule is NCC(C=O)N1CC=C(c2ccccc2CN2CCOCC2)CC1. The summed E-state index contributed by atoms with van der Waals surface area (Å²) in [6.45, 7) is 6.69. The summed E-state index contributed by atoms with van der Waals surface area (Å²) in [5.74, 6) is 0. The van der Waals surface area contributed by atoms with E-state index in [0.29, 0.717) is 6.54 Å². The Morgan fingerprint density at radius 3 is 2.67 bits per heavy atom. The number of carbonyl (C=O) groups is 1. The van der Waals surface area contributed by atoms with Gasteiger partial charge in [0, 0.05) is 39.3 Å². The van der Waals surface area contributed by atoms with Gasteiger partial charge < -0.3 is 15.3 Å². The Labute approximate surface area is 144 Å². The van der Waals surface area contributed by atoms with Gasteiger partial charge in [-0.05, 0) is 23.1 Å². The number of carbonyl (C=O) groups excluding carboxylic acids is 1. The standard InChI is InChI=1S/C19H27N3O2/c20-13-18(15-23)22-7-5-16(6-8-22)19-4-2-1-3-17(19)14-21-9-11-24-12-10-21/h1-5,15,18H,6-14,20H2. The first-order chi connectivity index (χ1) is 11.8. The molecular formula is C19H27N3O2. The Kier molecular flexibility index (Phi) is 6.15. The van der Waals surface area contributed by atoms with Gasteiger partial charge >= 0.3 is 0 Å². The van der Waals surface area contributed by atoms with Gasteiger partial charge in [0.1, 0.15) is 6.29 Å². The first kappa shape index (κ1) is 17.3. The zero-order valence-electron chi connectivity index (χ0n) is 14.2. The van der Waals surface area contributed by atoms with Crippen LogP contribution in [0.15, 0.2) is 30.3 Å². The summed E-state index contributed by atoms with van der Waals surface area (Å²) >= 11 is 0. The highest BCUT2D eigenvalue weighted by Gasteiger charge is 2.21. The Morgan fingerprint density at radius 2 is 2.00 bits per heavy atom. The van der Waals surface area contributed by atoms with Crippen molar-refractivity contribution in [2.24, 2.45) is 5.73 Å². The quantitative estimate of drug-likeness (QED) is 0.793. The summed E-state index contributed by atoms with van der Waals surface area (Å²) in [5.41, 5.74) is 9.79. The molecule has 1 aromatic rings. The Balaban J connectivity index is 1.71. The summed E-state index contributed by atoms with van der Waals surface area (Å²) in [6, 6.07) is 8.51. The molecule has 2 aliphatic heterocycles. The fourth-order valence-corrected chi connectivity index (χ4v) is 3.49. The van der Waals surface area contributed by atoms with Crippen molar-refractivity contribution in [3.8, 4) is 0 Å². The summed E-state index contributed by atoms with van der Waals surface area (Å²) in [5, 5.41) is 0. The van der Waals surface area contributed by atoms with Crippen LogP contribution in [0.5, 0.6) is 0 Å². The molecule has 1 atom stereocenters. The van der Waals surface area contributed by atoms with Crippen LogP contribution in [0.4, 0.5) is 0 Å². The number of hydrogen-bond acceptors (Lipinski definition) is 5. The molecule has 0 bridgehead atoms. The smallest absolute Gasteiger partial charge is 0.138 e. The van der Waals surface area contributed by atoms with E-state index in [1.165, 1.54) is 16.7 Å². The van der Waals surface area contributed by atoms with Crippen molar-refractivity contribution in [1.29, 1.82) is 0 Å². The summed E-state index contributed by atoms with van der Waals surface area (Å²) in [4.78, 5) is 15.7. The van der Waals surface area contributed by atoms with E-state index < -0.39 is 0 Å². The first-order valence-electron chi connectivity index (χ1n) is 8.78. The zero-order valence-corrected chi connectivity index (χ0v) is 14.2. The van der Waals surface area contributed by atoms with Crippen molar-refractivity contribution in [3.05, 3.63) is 41.5 Å². The van der Waals surface area contributed by atoms with Crippen molar-refractivity contribution < 1.29 is 9.53 Å². The van der Waals surface area contributed by atoms with Gasteiger partial charge in [-0.25, -0.2) is 0 Å². The maximum absolute atomic E-state index is 11.1. The van der Waals surface area contributed by atoms with Crippen molar-refractivity contribution in [2.45, 2.75) is 19.0 Å². The third-order valence-electron chi connectivity index (χ3n) is 4.97. The van der Waals surface area contributed by atoms with Gasteiger partial charge in [-0.15, -0.1) is 0 Å². The van der Waals surface area contributed by atoms with Gasteiger partial charge in [0.15, 0.2) is 0 Å². The molecule has 5 nitrogen and oxygen atoms in total. The molecule has 0 aromatic heterocycles. The molecule has 1 aromatic carbocycles. The maximum Gasteiger partial charge on any atom is 0.138 e. The molecule has 1 saturated heterocycles. The second-order valence-electron chi connectivity index (χ2n) is 6.46. The van der Waals surface area contributed by atoms with Crippen LogP contribution in [0.3, 0.4) is 0 Å². The van der Waals surface area contributed by atoms with Gasteiger partial charge in [0.2, 0.25) is 0 Å². The Morgan fingerprint density at radius 1 is 1.21 bits per heavy atom. The van der Waals surface area contributed by atoms with E-state index in [-0.39, 0.29) is 6.04 Å². The molecule has 2 heterocycles. The van der Waals surface area contributed by atoms with Crippen LogP contribution in [0.25, 0.3) is 5.57 Å². The largest absolute Gasteiger partial charge is 0.379 e. The lowest BCUT2D eigenvalue weighted by atomic mass is 9.94. The van der Waals surface area contributed by atoms with E-state index >= 15 is 0 Å². The molecule has 0 saturated carbocycles. The lowest BCUT2D eigenvalue weighted by Crippen LogP contribution is -2.43. The molecule has 1 fully saturated rings. The molecule has 1 unspecified atom stereocenters. The van der Waals surface area contributed by atoms with Gasteiger partial charge in [-0.1, -0.05) is 30.3 Å². The molecule has 2 aliphatic rings. The average molecular weight is 329 g/mol. The molecule has 5 heteroatoms. The van der Waals surface area contributed by atoms with Gasteiger partial charge in [-0.3, -0.25) is 9.80 Å². The minimum Gasteiger partial charge on any atom is -0.379 e. The van der Waals surface area contributed by atoms with Gasteiger partial charge in [0.25, 0.3) is 0 Å². The van der Waals surface area contributed by atoms with E-state index in [0.717, 1.165) is 58.6 Å². The maximum atomic E-state index is 11.1. The number of ether oxygens (including phenoxy) is 1. The van der Waals surface area contributed by atoms with E-state index in [1.807, 2.05) is 0 Å². The highest BCUT2D eigenvalue weighted by molar-refractivity contribution is 5.69. The van der Waals surface area contributed by atoms with Crippen LogP contribution in [-0.4, -0.2) is 68.1 Å². The first-order valence-corrected chi connectivity index (χ1v) is 8.78. The normalized spacial score (nSPS) is 21.3. The number of nitrogens with two attached hydrogens (primary N) is 1. The second-order valence-corrected chi connectivity index (χ2v) is 6.46. The fraction of sp³-hybridized carbons (Fsp3) is 0.526. The number of nitrogens with zero attached hydrogens (tertiary/aromatic N) is 2. The fourth-order valence-electron chi connectivity index (χ4n) is 3.49. The van der Waals surface area contributed by atoms with Crippen LogP contribution >= 0.6 is 0 Å². The van der Waals surface area contributed by atoms with Crippen molar-refractivity contribution in [1.82, 2.24) is 9.80 Å². The lowest BCUT2D eigenvalue weighted by Gasteiger charge is -2.31. The molecule has 130 valence electrons. The molecule has 0 radical (unpaired) electrons. The topological polar surface area (TPSA) is 58.8 Å². The number of rotatable bonds is 6. The highest BCUT2D eigenvalue weighted by Crippen LogP contribution is 2.27. The number of hydrogen-bond donors (Lipinski definition) is 1. The van der Waals surface area contributed by atoms with Crippen LogP contribution < -0.4 is 5.73 Å². The predicted molar refractivity (Wildman–Crippen MR) is 95.6 cm³/mol. The molecule has 0 spiro atoms. The number of aldehydes is 1. The molecular weight excluding hydrogens is 302 g/mol. The van der Waals surface area contributed by atoms with Crippen molar-refractivity contribution in [2.75, 3.05) is 45.9 Å². The predicted octanol–water partition coefficient (Wildman–Crippen LogP) is 1.13. The minimum absolute atomic E-state index is 0.161. The molecule has 24 heavy (non-hydrogen) atoms. The number of morpholine rings is 1. The zero-order chi connectivity index (χ0) is 16.8. The average Bonchev–Trinajstić information content (AvgIpc) is 2.65. The third-order valence-corrected chi connectivity index (χ3v) is 4.97. The lowest BCUT2D eigenvalue weighted by molar-refractivity contribution is -0.112. The van der Waals surface area contributed by atoms with Crippen LogP contribution in [0.2, 0.25) is 0 Å². The molecule has 2 N–H and O–H groups in total. The van der Waals surface area contributed by atoms with E-state index in [2.05, 4.69) is 40.1 Å². The molecule has 0 amide bonds. The van der Waals surface area contributed by atoms with Crippen LogP contribution in [-0.2, 0) is 16.1 Å². The van der Waals surface area contributed by atoms with E-state index in [1.54, 1.807) is 0 Å². The van der Waals surface area contributed by atoms with Crippen LogP contribution in [0, 0.1) is 0 Å².